The second-order valence-electron chi connectivity index (χ2n) is 4.48. The fraction of sp³-hybridized carbons (Fsp3) is 0.462. The average molecular weight is 295 g/mol. The lowest BCUT2D eigenvalue weighted by Crippen LogP contribution is -2.21. The SMILES string of the molecule is COc1cccc2c1nc(N)n2CC1CSCCS1. The van der Waals surface area contributed by atoms with Gasteiger partial charge in [0.1, 0.15) is 11.3 Å². The molecule has 0 aliphatic carbocycles. The Hall–Kier alpha value is -1.01. The van der Waals surface area contributed by atoms with Crippen LogP contribution in [-0.2, 0) is 6.54 Å². The van der Waals surface area contributed by atoms with Crippen molar-refractivity contribution in [3.63, 3.8) is 0 Å². The first kappa shape index (κ1) is 13.0. The van der Waals surface area contributed by atoms with Gasteiger partial charge in [-0.3, -0.25) is 0 Å². The molecule has 1 fully saturated rings. The van der Waals surface area contributed by atoms with E-state index < -0.39 is 0 Å². The maximum absolute atomic E-state index is 6.07. The Morgan fingerprint density at radius 1 is 1.47 bits per heavy atom. The van der Waals surface area contributed by atoms with Gasteiger partial charge in [-0.05, 0) is 12.1 Å². The van der Waals surface area contributed by atoms with Crippen molar-refractivity contribution in [2.75, 3.05) is 30.1 Å². The number of aromatic nitrogens is 2. The van der Waals surface area contributed by atoms with E-state index in [1.165, 1.54) is 17.3 Å². The van der Waals surface area contributed by atoms with E-state index in [9.17, 15) is 0 Å². The minimum atomic E-state index is 0.579. The van der Waals surface area contributed by atoms with E-state index in [0.29, 0.717) is 11.2 Å². The van der Waals surface area contributed by atoms with Crippen molar-refractivity contribution < 1.29 is 4.74 Å². The van der Waals surface area contributed by atoms with Gasteiger partial charge in [0, 0.05) is 29.1 Å². The van der Waals surface area contributed by atoms with Crippen LogP contribution in [0.3, 0.4) is 0 Å². The normalized spacial score (nSPS) is 19.7. The van der Waals surface area contributed by atoms with Gasteiger partial charge in [0.2, 0.25) is 5.95 Å². The fourth-order valence-electron chi connectivity index (χ4n) is 2.34. The fourth-order valence-corrected chi connectivity index (χ4v) is 4.99. The van der Waals surface area contributed by atoms with Gasteiger partial charge in [-0.25, -0.2) is 4.98 Å². The van der Waals surface area contributed by atoms with Crippen LogP contribution in [0.2, 0.25) is 0 Å². The number of hydrogen-bond donors (Lipinski definition) is 1. The predicted octanol–water partition coefficient (Wildman–Crippen LogP) is 2.48. The van der Waals surface area contributed by atoms with E-state index in [4.69, 9.17) is 10.5 Å². The summed E-state index contributed by atoms with van der Waals surface area (Å²) in [6.45, 7) is 0.924. The van der Waals surface area contributed by atoms with Gasteiger partial charge in [0.15, 0.2) is 0 Å². The minimum Gasteiger partial charge on any atom is -0.494 e. The van der Waals surface area contributed by atoms with Gasteiger partial charge in [-0.1, -0.05) is 6.07 Å². The predicted molar refractivity (Wildman–Crippen MR) is 84.3 cm³/mol. The van der Waals surface area contributed by atoms with Crippen LogP contribution in [0.15, 0.2) is 18.2 Å². The molecular formula is C13H17N3OS2. The number of benzene rings is 1. The summed E-state index contributed by atoms with van der Waals surface area (Å²) >= 11 is 4.06. The summed E-state index contributed by atoms with van der Waals surface area (Å²) in [6, 6.07) is 5.97. The van der Waals surface area contributed by atoms with E-state index in [0.717, 1.165) is 23.3 Å². The molecular weight excluding hydrogens is 278 g/mol. The number of anilines is 1. The molecule has 1 atom stereocenters. The summed E-state index contributed by atoms with van der Waals surface area (Å²) in [5, 5.41) is 0.615. The zero-order valence-corrected chi connectivity index (χ0v) is 12.5. The molecule has 0 spiro atoms. The lowest BCUT2D eigenvalue weighted by atomic mass is 10.3. The van der Waals surface area contributed by atoms with Crippen molar-refractivity contribution in [1.29, 1.82) is 0 Å². The molecule has 0 saturated carbocycles. The highest BCUT2D eigenvalue weighted by Crippen LogP contribution is 2.30. The first-order valence-electron chi connectivity index (χ1n) is 6.27. The van der Waals surface area contributed by atoms with Crippen LogP contribution in [0.5, 0.6) is 5.75 Å². The number of nitrogen functional groups attached to an aromatic ring is 1. The Kier molecular flexibility index (Phi) is 3.79. The van der Waals surface area contributed by atoms with Crippen molar-refractivity contribution in [1.82, 2.24) is 9.55 Å². The average Bonchev–Trinajstić information content (AvgIpc) is 2.76. The Bertz CT molecular complexity index is 579. The molecule has 102 valence electrons. The van der Waals surface area contributed by atoms with Crippen LogP contribution in [0, 0.1) is 0 Å². The molecule has 2 heterocycles. The molecule has 1 saturated heterocycles. The molecule has 6 heteroatoms. The number of para-hydroxylation sites is 1. The number of thioether (sulfide) groups is 2. The molecule has 3 rings (SSSR count). The van der Waals surface area contributed by atoms with Crippen LogP contribution in [-0.4, -0.2) is 39.2 Å². The number of hydrogen-bond acceptors (Lipinski definition) is 5. The van der Waals surface area contributed by atoms with E-state index in [-0.39, 0.29) is 0 Å². The third kappa shape index (κ3) is 2.51. The highest BCUT2D eigenvalue weighted by atomic mass is 32.2. The molecule has 0 amide bonds. The smallest absolute Gasteiger partial charge is 0.201 e. The second-order valence-corrected chi connectivity index (χ2v) is 7.03. The van der Waals surface area contributed by atoms with Crippen LogP contribution in [0.25, 0.3) is 11.0 Å². The van der Waals surface area contributed by atoms with E-state index in [2.05, 4.69) is 15.6 Å². The van der Waals surface area contributed by atoms with Gasteiger partial charge < -0.3 is 15.0 Å². The maximum atomic E-state index is 6.07. The van der Waals surface area contributed by atoms with E-state index in [1.54, 1.807) is 7.11 Å². The first-order valence-corrected chi connectivity index (χ1v) is 8.48. The van der Waals surface area contributed by atoms with Crippen LogP contribution in [0.1, 0.15) is 0 Å². The number of ether oxygens (including phenoxy) is 1. The molecule has 1 aromatic heterocycles. The van der Waals surface area contributed by atoms with Crippen molar-refractivity contribution in [2.45, 2.75) is 11.8 Å². The number of imidazole rings is 1. The lowest BCUT2D eigenvalue weighted by Gasteiger charge is -2.22. The Morgan fingerprint density at radius 3 is 3.11 bits per heavy atom. The zero-order valence-electron chi connectivity index (χ0n) is 10.8. The quantitative estimate of drug-likeness (QED) is 0.943. The van der Waals surface area contributed by atoms with Gasteiger partial charge in [-0.2, -0.15) is 23.5 Å². The van der Waals surface area contributed by atoms with Crippen molar-refractivity contribution in [3.05, 3.63) is 18.2 Å². The number of nitrogens with two attached hydrogens (primary N) is 1. The van der Waals surface area contributed by atoms with Gasteiger partial charge in [0.25, 0.3) is 0 Å². The van der Waals surface area contributed by atoms with Crippen molar-refractivity contribution in [3.8, 4) is 5.75 Å². The van der Waals surface area contributed by atoms with Crippen molar-refractivity contribution in [2.24, 2.45) is 0 Å². The third-order valence-corrected chi connectivity index (χ3v) is 6.09. The molecule has 2 aromatic rings. The second kappa shape index (κ2) is 5.54. The maximum Gasteiger partial charge on any atom is 0.201 e. The zero-order chi connectivity index (χ0) is 13.2. The van der Waals surface area contributed by atoms with Gasteiger partial charge >= 0.3 is 0 Å². The number of rotatable bonds is 3. The minimum absolute atomic E-state index is 0.579. The molecule has 0 bridgehead atoms. The van der Waals surface area contributed by atoms with Crippen LogP contribution < -0.4 is 10.5 Å². The van der Waals surface area contributed by atoms with E-state index >= 15 is 0 Å². The number of nitrogens with zero attached hydrogens (tertiary/aromatic N) is 2. The van der Waals surface area contributed by atoms with Gasteiger partial charge in [0.05, 0.1) is 12.6 Å². The summed E-state index contributed by atoms with van der Waals surface area (Å²) in [6.07, 6.45) is 0. The van der Waals surface area contributed by atoms with Crippen molar-refractivity contribution >= 4 is 40.5 Å². The van der Waals surface area contributed by atoms with E-state index in [1.807, 2.05) is 35.7 Å². The molecule has 1 aromatic carbocycles. The summed E-state index contributed by atoms with van der Waals surface area (Å²) in [7, 11) is 1.66. The molecule has 0 radical (unpaired) electrons. The Labute approximate surface area is 121 Å². The monoisotopic (exact) mass is 295 g/mol. The summed E-state index contributed by atoms with van der Waals surface area (Å²) < 4.78 is 7.46. The third-order valence-electron chi connectivity index (χ3n) is 3.26. The largest absolute Gasteiger partial charge is 0.494 e. The summed E-state index contributed by atoms with van der Waals surface area (Å²) in [4.78, 5) is 4.45. The topological polar surface area (TPSA) is 53.1 Å². The molecule has 1 unspecified atom stereocenters. The molecule has 19 heavy (non-hydrogen) atoms. The Morgan fingerprint density at radius 2 is 2.37 bits per heavy atom. The number of methoxy groups -OCH3 is 1. The number of fused-ring (bicyclic) bond motifs is 1. The molecule has 1 aliphatic rings. The summed E-state index contributed by atoms with van der Waals surface area (Å²) in [5.41, 5.74) is 7.99. The molecule has 1 aliphatic heterocycles. The summed E-state index contributed by atoms with van der Waals surface area (Å²) in [5.74, 6) is 5.04. The van der Waals surface area contributed by atoms with Gasteiger partial charge in [-0.15, -0.1) is 0 Å². The lowest BCUT2D eigenvalue weighted by molar-refractivity contribution is 0.419. The highest BCUT2D eigenvalue weighted by Gasteiger charge is 2.19. The molecule has 4 nitrogen and oxygen atoms in total. The molecule has 2 N–H and O–H groups in total. The highest BCUT2D eigenvalue weighted by molar-refractivity contribution is 8.06. The standard InChI is InChI=1S/C13H17N3OS2/c1-17-11-4-2-3-10-12(11)15-13(14)16(10)7-9-8-18-5-6-19-9/h2-4,9H,5-8H2,1H3,(H2,14,15). The van der Waals surface area contributed by atoms with Crippen LogP contribution in [0.4, 0.5) is 5.95 Å². The van der Waals surface area contributed by atoms with Crippen LogP contribution >= 0.6 is 23.5 Å². The first-order chi connectivity index (χ1) is 9.29. The Balaban J connectivity index is 1.96.